The number of hydrogen-bond acceptors (Lipinski definition) is 0. The Morgan fingerprint density at radius 1 is 1.58 bits per heavy atom. The zero-order valence-electron chi connectivity index (χ0n) is 6.29. The van der Waals surface area contributed by atoms with Gasteiger partial charge in [0.05, 0.1) is 5.03 Å². The van der Waals surface area contributed by atoms with E-state index in [0.29, 0.717) is 0 Å². The van der Waals surface area contributed by atoms with E-state index in [1.54, 1.807) is 0 Å². The molecule has 64 valence electrons. The molecule has 1 aliphatic rings. The first-order valence-electron chi connectivity index (χ1n) is 2.79. The number of allylic oxidation sites excluding steroid dienone is 4. The van der Waals surface area contributed by atoms with Crippen molar-refractivity contribution in [2.45, 2.75) is 11.3 Å². The maximum absolute atomic E-state index is 12.5. The molecule has 0 aliphatic heterocycles. The minimum Gasteiger partial charge on any atom is -1.00 e. The first-order chi connectivity index (χ1) is 4.51. The molecular weight excluding hydrogens is 319 g/mol. The van der Waals surface area contributed by atoms with Crippen molar-refractivity contribution in [1.82, 2.24) is 0 Å². The SMILES string of the molecule is [Br-].[CH2-]C1(Cl)C=CC(F)=C(Cl)C1.[Zn+2]. The Morgan fingerprint density at radius 3 is 2.42 bits per heavy atom. The molecule has 1 rings (SSSR count). The van der Waals surface area contributed by atoms with Gasteiger partial charge in [0.1, 0.15) is 5.83 Å². The van der Waals surface area contributed by atoms with Crippen LogP contribution in [0.15, 0.2) is 23.0 Å². The van der Waals surface area contributed by atoms with Crippen LogP contribution in [0.1, 0.15) is 6.42 Å². The molecule has 0 aromatic carbocycles. The van der Waals surface area contributed by atoms with E-state index in [0.717, 1.165) is 0 Å². The molecule has 0 aromatic rings. The summed E-state index contributed by atoms with van der Waals surface area (Å²) in [6.45, 7) is 3.61. The van der Waals surface area contributed by atoms with Gasteiger partial charge in [-0.25, -0.2) is 4.39 Å². The topological polar surface area (TPSA) is 0 Å². The van der Waals surface area contributed by atoms with Crippen LogP contribution < -0.4 is 17.0 Å². The number of alkyl halides is 1. The molecule has 0 N–H and O–H groups in total. The van der Waals surface area contributed by atoms with E-state index >= 15 is 0 Å². The summed E-state index contributed by atoms with van der Waals surface area (Å²) in [5, 5.41) is 0.146. The van der Waals surface area contributed by atoms with Crippen LogP contribution in [0, 0.1) is 6.92 Å². The molecule has 1 unspecified atom stereocenters. The Bertz CT molecular complexity index is 213. The van der Waals surface area contributed by atoms with Gasteiger partial charge in [-0.2, -0.15) is 11.6 Å². The molecule has 5 heteroatoms. The molecular formula is C7H6BrCl2FZn. The van der Waals surface area contributed by atoms with Crippen LogP contribution in [-0.4, -0.2) is 4.87 Å². The third kappa shape index (κ3) is 4.36. The summed E-state index contributed by atoms with van der Waals surface area (Å²) >= 11 is 11.2. The van der Waals surface area contributed by atoms with Crippen LogP contribution in [0.25, 0.3) is 0 Å². The van der Waals surface area contributed by atoms with Crippen molar-refractivity contribution >= 4 is 23.2 Å². The Labute approximate surface area is 105 Å². The van der Waals surface area contributed by atoms with Crippen LogP contribution in [0.3, 0.4) is 0 Å². The zero-order valence-corrected chi connectivity index (χ0v) is 12.4. The van der Waals surface area contributed by atoms with Gasteiger partial charge >= 0.3 is 19.5 Å². The van der Waals surface area contributed by atoms with Gasteiger partial charge < -0.3 is 23.9 Å². The van der Waals surface area contributed by atoms with Gasteiger partial charge in [0.15, 0.2) is 0 Å². The third-order valence-electron chi connectivity index (χ3n) is 1.24. The van der Waals surface area contributed by atoms with Gasteiger partial charge in [-0.05, 0) is 12.5 Å². The van der Waals surface area contributed by atoms with Gasteiger partial charge in [-0.3, -0.25) is 0 Å². The summed E-state index contributed by atoms with van der Waals surface area (Å²) < 4.78 is 12.5. The van der Waals surface area contributed by atoms with Crippen LogP contribution >= 0.6 is 23.2 Å². The summed E-state index contributed by atoms with van der Waals surface area (Å²) in [4.78, 5) is -0.757. The molecule has 0 aromatic heterocycles. The van der Waals surface area contributed by atoms with Crippen molar-refractivity contribution in [3.63, 3.8) is 0 Å². The molecule has 0 amide bonds. The summed E-state index contributed by atoms with van der Waals surface area (Å²) in [5.41, 5.74) is 0. The fourth-order valence-electron chi connectivity index (χ4n) is 0.714. The monoisotopic (exact) mass is 322 g/mol. The van der Waals surface area contributed by atoms with E-state index in [4.69, 9.17) is 23.2 Å². The predicted octanol–water partition coefficient (Wildman–Crippen LogP) is 0.179. The van der Waals surface area contributed by atoms with Crippen LogP contribution in [0.5, 0.6) is 0 Å². The molecule has 0 spiro atoms. The Hall–Kier alpha value is 1.09. The quantitative estimate of drug-likeness (QED) is 0.339. The summed E-state index contributed by atoms with van der Waals surface area (Å²) in [7, 11) is 0. The van der Waals surface area contributed by atoms with E-state index in [-0.39, 0.29) is 47.9 Å². The Morgan fingerprint density at radius 2 is 2.08 bits per heavy atom. The van der Waals surface area contributed by atoms with Gasteiger partial charge in [-0.15, -0.1) is 0 Å². The smallest absolute Gasteiger partial charge is 1.00 e. The number of halogens is 4. The largest absolute Gasteiger partial charge is 2.00 e. The van der Waals surface area contributed by atoms with Crippen molar-refractivity contribution < 1.29 is 40.8 Å². The summed E-state index contributed by atoms with van der Waals surface area (Å²) in [6, 6.07) is 0. The maximum atomic E-state index is 12.5. The molecule has 0 saturated heterocycles. The average Bonchev–Trinajstić information content (AvgIpc) is 1.79. The van der Waals surface area contributed by atoms with Crippen molar-refractivity contribution in [2.24, 2.45) is 0 Å². The van der Waals surface area contributed by atoms with Crippen molar-refractivity contribution in [3.8, 4) is 0 Å². The normalized spacial score (nSPS) is 27.7. The van der Waals surface area contributed by atoms with Crippen molar-refractivity contribution in [2.75, 3.05) is 0 Å². The van der Waals surface area contributed by atoms with Gasteiger partial charge in [0.25, 0.3) is 0 Å². The second-order valence-electron chi connectivity index (χ2n) is 2.30. The average molecular weight is 325 g/mol. The van der Waals surface area contributed by atoms with E-state index in [9.17, 15) is 4.39 Å². The Kier molecular flexibility index (Phi) is 7.45. The molecule has 12 heavy (non-hydrogen) atoms. The standard InChI is InChI=1S/C7H6Cl2F.BrH.Zn/c1-7(9)3-2-6(10)5(8)4-7;;/h2-3H,1,4H2;1H;/q-1;;+2/p-1. The molecule has 1 aliphatic carbocycles. The van der Waals surface area contributed by atoms with E-state index in [1.807, 2.05) is 0 Å². The molecule has 0 fully saturated rings. The third-order valence-corrected chi connectivity index (χ3v) is 1.81. The number of rotatable bonds is 0. The minimum absolute atomic E-state index is 0. The molecule has 0 radical (unpaired) electrons. The summed E-state index contributed by atoms with van der Waals surface area (Å²) in [5.74, 6) is -0.415. The predicted molar refractivity (Wildman–Crippen MR) is 41.7 cm³/mol. The fourth-order valence-corrected chi connectivity index (χ4v) is 1.28. The van der Waals surface area contributed by atoms with Crippen LogP contribution in [0.4, 0.5) is 4.39 Å². The van der Waals surface area contributed by atoms with Gasteiger partial charge in [0, 0.05) is 0 Å². The second-order valence-corrected chi connectivity index (χ2v) is 3.51. The van der Waals surface area contributed by atoms with Crippen LogP contribution in [-0.2, 0) is 19.5 Å². The molecule has 1 atom stereocenters. The van der Waals surface area contributed by atoms with Crippen molar-refractivity contribution in [3.05, 3.63) is 29.9 Å². The molecule has 0 saturated carbocycles. The first kappa shape index (κ1) is 15.6. The van der Waals surface area contributed by atoms with E-state index < -0.39 is 10.7 Å². The van der Waals surface area contributed by atoms with E-state index in [1.165, 1.54) is 12.2 Å². The first-order valence-corrected chi connectivity index (χ1v) is 3.54. The van der Waals surface area contributed by atoms with E-state index in [2.05, 4.69) is 6.92 Å². The zero-order chi connectivity index (χ0) is 7.78. The molecule has 0 bridgehead atoms. The Balaban J connectivity index is 0. The fraction of sp³-hybridized carbons (Fsp3) is 0.286. The number of hydrogen-bond donors (Lipinski definition) is 0. The minimum atomic E-state index is -0.757. The summed E-state index contributed by atoms with van der Waals surface area (Å²) in [6.07, 6.45) is 3.00. The van der Waals surface area contributed by atoms with Crippen molar-refractivity contribution in [1.29, 1.82) is 0 Å². The van der Waals surface area contributed by atoms with Gasteiger partial charge in [0.2, 0.25) is 0 Å². The van der Waals surface area contributed by atoms with Crippen LogP contribution in [0.2, 0.25) is 0 Å². The van der Waals surface area contributed by atoms with Gasteiger partial charge in [-0.1, -0.05) is 22.6 Å². The maximum Gasteiger partial charge on any atom is 2.00 e. The second kappa shape index (κ2) is 5.75. The molecule has 0 heterocycles. The molecule has 0 nitrogen and oxygen atoms in total.